The van der Waals surface area contributed by atoms with Crippen molar-refractivity contribution in [2.75, 3.05) is 0 Å². The van der Waals surface area contributed by atoms with Crippen LogP contribution in [-0.2, 0) is 6.54 Å². The van der Waals surface area contributed by atoms with Gasteiger partial charge in [-0.25, -0.2) is 0 Å². The molecule has 0 bridgehead atoms. The van der Waals surface area contributed by atoms with Crippen molar-refractivity contribution in [2.45, 2.75) is 6.54 Å². The van der Waals surface area contributed by atoms with Crippen LogP contribution in [0.1, 0.15) is 11.1 Å². The Labute approximate surface area is 69.3 Å². The van der Waals surface area contributed by atoms with E-state index in [1.165, 1.54) is 0 Å². The molecule has 2 rings (SSSR count). The lowest BCUT2D eigenvalue weighted by Gasteiger charge is -2.18. The fourth-order valence-corrected chi connectivity index (χ4v) is 1.23. The molecule has 1 aromatic rings. The minimum absolute atomic E-state index is 0.139. The molecule has 2 N–H and O–H groups in total. The molecule has 0 spiro atoms. The van der Waals surface area contributed by atoms with Gasteiger partial charge in [0.05, 0.1) is 6.54 Å². The lowest BCUT2D eigenvalue weighted by Crippen LogP contribution is -2.22. The maximum absolute atomic E-state index is 9.28. The summed E-state index contributed by atoms with van der Waals surface area (Å²) in [5.74, 6) is -0.139. The van der Waals surface area contributed by atoms with E-state index < -0.39 is 0 Å². The predicted octanol–water partition coefficient (Wildman–Crippen LogP) is 1.11. The number of aliphatic hydroxyl groups excluding tert-OH is 1. The Balaban J connectivity index is 2.53. The molecule has 1 aliphatic rings. The number of hydroxylamine groups is 1. The number of aliphatic hydroxyl groups is 1. The first-order valence-electron chi connectivity index (χ1n) is 3.59. The van der Waals surface area contributed by atoms with E-state index in [-0.39, 0.29) is 5.90 Å². The first-order valence-corrected chi connectivity index (χ1v) is 3.59. The average Bonchev–Trinajstić information content (AvgIpc) is 2.04. The van der Waals surface area contributed by atoms with Gasteiger partial charge in [-0.1, -0.05) is 18.2 Å². The molecule has 0 unspecified atom stereocenters. The first kappa shape index (κ1) is 7.12. The number of hydrogen-bond acceptors (Lipinski definition) is 3. The Bertz CT molecular complexity index is 336. The van der Waals surface area contributed by atoms with Crippen LogP contribution >= 0.6 is 0 Å². The number of fused-ring (bicyclic) bond motifs is 1. The molecule has 1 aromatic carbocycles. The highest BCUT2D eigenvalue weighted by Gasteiger charge is 2.15. The SMILES string of the molecule is OC1=NN(O)Cc2ccccc21. The van der Waals surface area contributed by atoms with Gasteiger partial charge in [-0.15, -0.1) is 5.10 Å². The van der Waals surface area contributed by atoms with Crippen molar-refractivity contribution < 1.29 is 10.3 Å². The Morgan fingerprint density at radius 3 is 2.92 bits per heavy atom. The summed E-state index contributed by atoms with van der Waals surface area (Å²) < 4.78 is 0. The lowest BCUT2D eigenvalue weighted by atomic mass is 10.1. The Hall–Kier alpha value is -1.55. The average molecular weight is 164 g/mol. The highest BCUT2D eigenvalue weighted by atomic mass is 16.5. The van der Waals surface area contributed by atoms with Crippen LogP contribution < -0.4 is 0 Å². The van der Waals surface area contributed by atoms with Crippen molar-refractivity contribution in [3.05, 3.63) is 35.4 Å². The molecule has 0 saturated carbocycles. The van der Waals surface area contributed by atoms with Gasteiger partial charge in [-0.2, -0.15) is 5.17 Å². The number of benzene rings is 1. The molecule has 0 aliphatic carbocycles. The summed E-state index contributed by atoms with van der Waals surface area (Å²) in [5, 5.41) is 22.5. The molecule has 1 aliphatic heterocycles. The van der Waals surface area contributed by atoms with E-state index >= 15 is 0 Å². The minimum atomic E-state index is -0.139. The van der Waals surface area contributed by atoms with E-state index in [9.17, 15) is 5.11 Å². The molecule has 4 heteroatoms. The Morgan fingerprint density at radius 2 is 2.08 bits per heavy atom. The smallest absolute Gasteiger partial charge is 0.238 e. The van der Waals surface area contributed by atoms with Crippen molar-refractivity contribution in [3.63, 3.8) is 0 Å². The largest absolute Gasteiger partial charge is 0.492 e. The van der Waals surface area contributed by atoms with Crippen LogP contribution in [0.5, 0.6) is 0 Å². The van der Waals surface area contributed by atoms with Crippen LogP contribution in [0.4, 0.5) is 0 Å². The van der Waals surface area contributed by atoms with E-state index in [1.807, 2.05) is 18.2 Å². The highest BCUT2D eigenvalue weighted by molar-refractivity contribution is 5.94. The molecule has 12 heavy (non-hydrogen) atoms. The molecule has 1 heterocycles. The van der Waals surface area contributed by atoms with Gasteiger partial charge in [0, 0.05) is 5.56 Å². The van der Waals surface area contributed by atoms with Gasteiger partial charge in [0.2, 0.25) is 5.90 Å². The third kappa shape index (κ3) is 1.02. The van der Waals surface area contributed by atoms with Crippen molar-refractivity contribution in [1.29, 1.82) is 0 Å². The standard InChI is InChI=1S/C8H8N2O2/c11-8-7-4-2-1-3-6(7)5-10(12)9-8/h1-4,12H,5H2,(H,9,11). The number of hydrogen-bond donors (Lipinski definition) is 2. The van der Waals surface area contributed by atoms with E-state index in [2.05, 4.69) is 5.10 Å². The van der Waals surface area contributed by atoms with E-state index in [0.29, 0.717) is 12.1 Å². The Kier molecular flexibility index (Phi) is 1.48. The summed E-state index contributed by atoms with van der Waals surface area (Å²) in [6.45, 7) is 0.320. The predicted molar refractivity (Wildman–Crippen MR) is 42.9 cm³/mol. The van der Waals surface area contributed by atoms with Gasteiger partial charge in [-0.05, 0) is 11.6 Å². The van der Waals surface area contributed by atoms with Gasteiger partial charge < -0.3 is 5.11 Å². The molecule has 0 atom stereocenters. The second-order valence-electron chi connectivity index (χ2n) is 2.61. The molecular weight excluding hydrogens is 156 g/mol. The summed E-state index contributed by atoms with van der Waals surface area (Å²) in [6, 6.07) is 7.27. The summed E-state index contributed by atoms with van der Waals surface area (Å²) >= 11 is 0. The van der Waals surface area contributed by atoms with Crippen molar-refractivity contribution in [2.24, 2.45) is 5.10 Å². The maximum atomic E-state index is 9.28. The maximum Gasteiger partial charge on any atom is 0.238 e. The molecule has 4 nitrogen and oxygen atoms in total. The molecule has 0 aromatic heterocycles. The molecule has 0 saturated heterocycles. The minimum Gasteiger partial charge on any atom is -0.492 e. The molecule has 0 radical (unpaired) electrons. The third-order valence-corrected chi connectivity index (χ3v) is 1.78. The second-order valence-corrected chi connectivity index (χ2v) is 2.61. The number of rotatable bonds is 0. The molecule has 0 amide bonds. The van der Waals surface area contributed by atoms with Crippen molar-refractivity contribution >= 4 is 5.90 Å². The van der Waals surface area contributed by atoms with E-state index in [0.717, 1.165) is 10.7 Å². The van der Waals surface area contributed by atoms with E-state index in [1.54, 1.807) is 6.07 Å². The molecule has 62 valence electrons. The van der Waals surface area contributed by atoms with Gasteiger partial charge in [0.1, 0.15) is 0 Å². The zero-order valence-corrected chi connectivity index (χ0v) is 6.31. The topological polar surface area (TPSA) is 56.1 Å². The Morgan fingerprint density at radius 1 is 1.33 bits per heavy atom. The van der Waals surface area contributed by atoms with Crippen LogP contribution in [0.15, 0.2) is 29.4 Å². The highest BCUT2D eigenvalue weighted by Crippen LogP contribution is 2.15. The summed E-state index contributed by atoms with van der Waals surface area (Å²) in [7, 11) is 0. The lowest BCUT2D eigenvalue weighted by molar-refractivity contribution is -0.102. The van der Waals surface area contributed by atoms with Crippen molar-refractivity contribution in [3.8, 4) is 0 Å². The summed E-state index contributed by atoms with van der Waals surface area (Å²) in [5.41, 5.74) is 1.55. The van der Waals surface area contributed by atoms with E-state index in [4.69, 9.17) is 5.21 Å². The quantitative estimate of drug-likeness (QED) is 0.604. The number of nitrogens with zero attached hydrogens (tertiary/aromatic N) is 2. The third-order valence-electron chi connectivity index (χ3n) is 1.78. The van der Waals surface area contributed by atoms with Crippen LogP contribution in [0.2, 0.25) is 0 Å². The molecule has 0 fully saturated rings. The van der Waals surface area contributed by atoms with Gasteiger partial charge in [0.25, 0.3) is 0 Å². The zero-order valence-electron chi connectivity index (χ0n) is 6.31. The summed E-state index contributed by atoms with van der Waals surface area (Å²) in [4.78, 5) is 0. The normalized spacial score (nSPS) is 15.4. The molecular formula is C8H8N2O2. The van der Waals surface area contributed by atoms with Crippen LogP contribution in [0, 0.1) is 0 Å². The number of hydrazone groups is 1. The second kappa shape index (κ2) is 2.49. The van der Waals surface area contributed by atoms with Gasteiger partial charge in [0.15, 0.2) is 0 Å². The van der Waals surface area contributed by atoms with Gasteiger partial charge in [-0.3, -0.25) is 5.21 Å². The van der Waals surface area contributed by atoms with Crippen LogP contribution in [0.25, 0.3) is 0 Å². The first-order chi connectivity index (χ1) is 5.77. The summed E-state index contributed by atoms with van der Waals surface area (Å²) in [6.07, 6.45) is 0. The fourth-order valence-electron chi connectivity index (χ4n) is 1.23. The van der Waals surface area contributed by atoms with Crippen molar-refractivity contribution in [1.82, 2.24) is 5.17 Å². The van der Waals surface area contributed by atoms with Crippen LogP contribution in [-0.4, -0.2) is 21.4 Å². The fraction of sp³-hybridized carbons (Fsp3) is 0.125. The van der Waals surface area contributed by atoms with Gasteiger partial charge >= 0.3 is 0 Å². The monoisotopic (exact) mass is 164 g/mol. The zero-order chi connectivity index (χ0) is 8.55. The van der Waals surface area contributed by atoms with Crippen LogP contribution in [0.3, 0.4) is 0 Å².